The molecule has 0 bridgehead atoms. The molecule has 0 aliphatic carbocycles. The van der Waals surface area contributed by atoms with Crippen molar-refractivity contribution in [3.63, 3.8) is 0 Å². The molecular formula is C12H15F2NO2. The molecule has 0 spiro atoms. The van der Waals surface area contributed by atoms with Crippen molar-refractivity contribution in [2.45, 2.75) is 25.9 Å². The standard InChI is InChI=1S/C12H15F2NO2/c1-8(16)3-2-6-15-12(17)10-7-9(13)4-5-11(10)14/h4-5,7-8,16H,2-3,6H2,1H3,(H,15,17). The van der Waals surface area contributed by atoms with E-state index in [9.17, 15) is 13.6 Å². The zero-order valence-corrected chi connectivity index (χ0v) is 9.54. The third kappa shape index (κ3) is 4.48. The molecule has 1 aromatic rings. The Hall–Kier alpha value is -1.49. The van der Waals surface area contributed by atoms with Gasteiger partial charge in [0.15, 0.2) is 0 Å². The largest absolute Gasteiger partial charge is 0.393 e. The molecule has 17 heavy (non-hydrogen) atoms. The Morgan fingerprint density at radius 1 is 1.47 bits per heavy atom. The molecule has 1 amide bonds. The van der Waals surface area contributed by atoms with Crippen molar-refractivity contribution < 1.29 is 18.7 Å². The van der Waals surface area contributed by atoms with Crippen LogP contribution in [0.1, 0.15) is 30.1 Å². The van der Waals surface area contributed by atoms with Crippen LogP contribution in [0.5, 0.6) is 0 Å². The SMILES string of the molecule is CC(O)CCCNC(=O)c1cc(F)ccc1F. The van der Waals surface area contributed by atoms with Crippen molar-refractivity contribution in [1.82, 2.24) is 5.32 Å². The first kappa shape index (κ1) is 13.6. The van der Waals surface area contributed by atoms with E-state index in [1.807, 2.05) is 0 Å². The van der Waals surface area contributed by atoms with E-state index in [1.54, 1.807) is 6.92 Å². The van der Waals surface area contributed by atoms with Crippen molar-refractivity contribution in [3.05, 3.63) is 35.4 Å². The third-order valence-corrected chi connectivity index (χ3v) is 2.26. The first-order valence-electron chi connectivity index (χ1n) is 5.42. The minimum atomic E-state index is -0.751. The Bertz CT molecular complexity index is 394. The van der Waals surface area contributed by atoms with E-state index in [0.29, 0.717) is 19.4 Å². The summed E-state index contributed by atoms with van der Waals surface area (Å²) >= 11 is 0. The quantitative estimate of drug-likeness (QED) is 0.775. The van der Waals surface area contributed by atoms with Crippen molar-refractivity contribution >= 4 is 5.91 Å². The minimum Gasteiger partial charge on any atom is -0.393 e. The fraction of sp³-hybridized carbons (Fsp3) is 0.417. The molecule has 1 aromatic carbocycles. The smallest absolute Gasteiger partial charge is 0.254 e. The van der Waals surface area contributed by atoms with Crippen molar-refractivity contribution in [2.24, 2.45) is 0 Å². The zero-order chi connectivity index (χ0) is 12.8. The zero-order valence-electron chi connectivity index (χ0n) is 9.54. The molecule has 0 saturated heterocycles. The Kier molecular flexibility index (Phi) is 5.03. The van der Waals surface area contributed by atoms with Gasteiger partial charge in [-0.2, -0.15) is 0 Å². The molecule has 0 fully saturated rings. The molecule has 0 saturated carbocycles. The van der Waals surface area contributed by atoms with Crippen LogP contribution in [0.3, 0.4) is 0 Å². The van der Waals surface area contributed by atoms with Gasteiger partial charge in [0.2, 0.25) is 0 Å². The van der Waals surface area contributed by atoms with E-state index in [4.69, 9.17) is 5.11 Å². The summed E-state index contributed by atoms with van der Waals surface area (Å²) in [5.41, 5.74) is -0.304. The topological polar surface area (TPSA) is 49.3 Å². The predicted molar refractivity (Wildman–Crippen MR) is 59.6 cm³/mol. The average molecular weight is 243 g/mol. The second-order valence-electron chi connectivity index (χ2n) is 3.87. The van der Waals surface area contributed by atoms with Gasteiger partial charge in [-0.15, -0.1) is 0 Å². The van der Waals surface area contributed by atoms with Crippen LogP contribution in [-0.2, 0) is 0 Å². The summed E-state index contributed by atoms with van der Waals surface area (Å²) in [5.74, 6) is -2.05. The lowest BCUT2D eigenvalue weighted by atomic mass is 10.2. The molecule has 5 heteroatoms. The van der Waals surface area contributed by atoms with Crippen LogP contribution in [-0.4, -0.2) is 23.7 Å². The highest BCUT2D eigenvalue weighted by molar-refractivity contribution is 5.94. The molecule has 0 aliphatic rings. The molecule has 0 heterocycles. The van der Waals surface area contributed by atoms with Gasteiger partial charge in [0.1, 0.15) is 11.6 Å². The van der Waals surface area contributed by atoms with E-state index >= 15 is 0 Å². The summed E-state index contributed by atoms with van der Waals surface area (Å²) in [5, 5.41) is 11.5. The third-order valence-electron chi connectivity index (χ3n) is 2.26. The number of aliphatic hydroxyl groups excluding tert-OH is 1. The molecule has 0 aromatic heterocycles. The Morgan fingerprint density at radius 2 is 2.18 bits per heavy atom. The van der Waals surface area contributed by atoms with E-state index in [0.717, 1.165) is 18.2 Å². The maximum atomic E-state index is 13.2. The lowest BCUT2D eigenvalue weighted by Gasteiger charge is -2.07. The maximum absolute atomic E-state index is 13.2. The first-order valence-corrected chi connectivity index (χ1v) is 5.42. The molecular weight excluding hydrogens is 228 g/mol. The Morgan fingerprint density at radius 3 is 2.82 bits per heavy atom. The minimum absolute atomic E-state index is 0.304. The number of nitrogens with one attached hydrogen (secondary N) is 1. The van der Waals surface area contributed by atoms with Gasteiger partial charge in [-0.1, -0.05) is 0 Å². The number of hydrogen-bond acceptors (Lipinski definition) is 2. The number of aliphatic hydroxyl groups is 1. The van der Waals surface area contributed by atoms with Crippen LogP contribution in [0.15, 0.2) is 18.2 Å². The second kappa shape index (κ2) is 6.30. The number of carbonyl (C=O) groups excluding carboxylic acids is 1. The first-order chi connectivity index (χ1) is 8.00. The van der Waals surface area contributed by atoms with Gasteiger partial charge in [0.25, 0.3) is 5.91 Å². The van der Waals surface area contributed by atoms with E-state index in [2.05, 4.69) is 5.32 Å². The Labute approximate surface area is 98.5 Å². The van der Waals surface area contributed by atoms with E-state index in [-0.39, 0.29) is 5.56 Å². The summed E-state index contributed by atoms with van der Waals surface area (Å²) in [7, 11) is 0. The van der Waals surface area contributed by atoms with Gasteiger partial charge < -0.3 is 10.4 Å². The highest BCUT2D eigenvalue weighted by Gasteiger charge is 2.12. The average Bonchev–Trinajstić information content (AvgIpc) is 2.27. The van der Waals surface area contributed by atoms with Crippen molar-refractivity contribution in [1.29, 1.82) is 0 Å². The molecule has 1 rings (SSSR count). The molecule has 0 aliphatic heterocycles. The predicted octanol–water partition coefficient (Wildman–Crippen LogP) is 1.86. The highest BCUT2D eigenvalue weighted by atomic mass is 19.1. The van der Waals surface area contributed by atoms with Crippen LogP contribution in [0, 0.1) is 11.6 Å². The molecule has 1 atom stereocenters. The number of hydrogen-bond donors (Lipinski definition) is 2. The summed E-state index contributed by atoms with van der Waals surface area (Å²) < 4.78 is 26.0. The molecule has 3 nitrogen and oxygen atoms in total. The second-order valence-corrected chi connectivity index (χ2v) is 3.87. The van der Waals surface area contributed by atoms with Gasteiger partial charge in [-0.25, -0.2) is 8.78 Å². The molecule has 94 valence electrons. The van der Waals surface area contributed by atoms with Crippen LogP contribution in [0.4, 0.5) is 8.78 Å². The summed E-state index contributed by atoms with van der Waals surface area (Å²) in [6, 6.07) is 2.74. The fourth-order valence-corrected chi connectivity index (χ4v) is 1.37. The van der Waals surface area contributed by atoms with E-state index in [1.165, 1.54) is 0 Å². The number of carbonyl (C=O) groups is 1. The normalized spacial score (nSPS) is 12.2. The lowest BCUT2D eigenvalue weighted by Crippen LogP contribution is -2.26. The monoisotopic (exact) mass is 243 g/mol. The number of amides is 1. The number of rotatable bonds is 5. The highest BCUT2D eigenvalue weighted by Crippen LogP contribution is 2.09. The van der Waals surface area contributed by atoms with E-state index < -0.39 is 23.6 Å². The van der Waals surface area contributed by atoms with Crippen LogP contribution in [0.25, 0.3) is 0 Å². The summed E-state index contributed by atoms with van der Waals surface area (Å²) in [6.07, 6.45) is 0.699. The lowest BCUT2D eigenvalue weighted by molar-refractivity contribution is 0.0945. The maximum Gasteiger partial charge on any atom is 0.254 e. The van der Waals surface area contributed by atoms with Crippen LogP contribution >= 0.6 is 0 Å². The number of benzene rings is 1. The van der Waals surface area contributed by atoms with Gasteiger partial charge >= 0.3 is 0 Å². The van der Waals surface area contributed by atoms with Crippen LogP contribution < -0.4 is 5.32 Å². The van der Waals surface area contributed by atoms with Crippen molar-refractivity contribution in [2.75, 3.05) is 6.54 Å². The Balaban J connectivity index is 2.49. The summed E-state index contributed by atoms with van der Waals surface area (Å²) in [6.45, 7) is 1.97. The van der Waals surface area contributed by atoms with Crippen LogP contribution in [0.2, 0.25) is 0 Å². The van der Waals surface area contributed by atoms with Gasteiger partial charge in [-0.05, 0) is 38.0 Å². The van der Waals surface area contributed by atoms with Gasteiger partial charge in [-0.3, -0.25) is 4.79 Å². The van der Waals surface area contributed by atoms with Gasteiger partial charge in [0.05, 0.1) is 11.7 Å². The summed E-state index contributed by atoms with van der Waals surface area (Å²) in [4.78, 5) is 11.5. The molecule has 1 unspecified atom stereocenters. The molecule has 0 radical (unpaired) electrons. The van der Waals surface area contributed by atoms with Crippen molar-refractivity contribution in [3.8, 4) is 0 Å². The molecule has 2 N–H and O–H groups in total. The fourth-order valence-electron chi connectivity index (χ4n) is 1.37. The number of halogens is 2. The van der Waals surface area contributed by atoms with Gasteiger partial charge in [0, 0.05) is 6.54 Å².